The Labute approximate surface area is 151 Å². The van der Waals surface area contributed by atoms with Gasteiger partial charge in [0.15, 0.2) is 0 Å². The number of piperidine rings is 1. The monoisotopic (exact) mass is 351 g/mol. The van der Waals surface area contributed by atoms with Gasteiger partial charge < -0.3 is 10.6 Å². The van der Waals surface area contributed by atoms with E-state index in [0.717, 1.165) is 42.7 Å². The molecule has 25 heavy (non-hydrogen) atoms. The van der Waals surface area contributed by atoms with E-state index < -0.39 is 0 Å². The molecule has 1 aliphatic heterocycles. The number of rotatable bonds is 3. The normalized spacial score (nSPS) is 15.6. The van der Waals surface area contributed by atoms with Crippen molar-refractivity contribution in [3.8, 4) is 0 Å². The molecule has 0 atom stereocenters. The number of fused-ring (bicyclic) bond motifs is 1. The highest BCUT2D eigenvalue weighted by molar-refractivity contribution is 7.18. The van der Waals surface area contributed by atoms with Crippen LogP contribution in [0.15, 0.2) is 48.5 Å². The minimum atomic E-state index is 0.201. The molecule has 1 amide bonds. The second-order valence-corrected chi connectivity index (χ2v) is 7.66. The molecule has 0 unspecified atom stereocenters. The van der Waals surface area contributed by atoms with Crippen LogP contribution in [0.2, 0.25) is 0 Å². The van der Waals surface area contributed by atoms with Gasteiger partial charge in [-0.3, -0.25) is 4.79 Å². The molecule has 3 aromatic rings. The van der Waals surface area contributed by atoms with E-state index in [1.165, 1.54) is 9.71 Å². The van der Waals surface area contributed by atoms with Crippen LogP contribution < -0.4 is 5.73 Å². The van der Waals surface area contributed by atoms with Crippen molar-refractivity contribution >= 4 is 33.1 Å². The van der Waals surface area contributed by atoms with Crippen LogP contribution >= 0.6 is 11.3 Å². The molecule has 1 aliphatic rings. The van der Waals surface area contributed by atoms with E-state index in [1.54, 1.807) is 11.3 Å². The molecule has 0 aliphatic carbocycles. The first-order valence-corrected chi connectivity index (χ1v) is 9.48. The minimum Gasteiger partial charge on any atom is -0.399 e. The van der Waals surface area contributed by atoms with Gasteiger partial charge >= 0.3 is 0 Å². The number of carbonyl (C=O) groups is 1. The van der Waals surface area contributed by atoms with Gasteiger partial charge in [0.2, 0.25) is 5.91 Å². The van der Waals surface area contributed by atoms with Gasteiger partial charge in [0.1, 0.15) is 0 Å². The fourth-order valence-electron chi connectivity index (χ4n) is 3.36. The van der Waals surface area contributed by atoms with Crippen molar-refractivity contribution in [2.75, 3.05) is 18.8 Å². The van der Waals surface area contributed by atoms with Gasteiger partial charge in [-0.25, -0.2) is 4.98 Å². The predicted octanol–water partition coefficient (Wildman–Crippen LogP) is 3.83. The van der Waals surface area contributed by atoms with Crippen LogP contribution in [-0.2, 0) is 11.2 Å². The Morgan fingerprint density at radius 2 is 1.84 bits per heavy atom. The fraction of sp³-hybridized carbons (Fsp3) is 0.300. The van der Waals surface area contributed by atoms with E-state index in [9.17, 15) is 4.79 Å². The number of likely N-dealkylation sites (tertiary alicyclic amines) is 1. The average molecular weight is 351 g/mol. The van der Waals surface area contributed by atoms with E-state index in [2.05, 4.69) is 18.2 Å². The second kappa shape index (κ2) is 6.84. The number of benzene rings is 2. The lowest BCUT2D eigenvalue weighted by Gasteiger charge is -2.31. The van der Waals surface area contributed by atoms with Crippen molar-refractivity contribution in [1.82, 2.24) is 9.88 Å². The molecular formula is C20H21N3OS. The van der Waals surface area contributed by atoms with Gasteiger partial charge in [-0.2, -0.15) is 0 Å². The Morgan fingerprint density at radius 3 is 2.56 bits per heavy atom. The number of hydrogen-bond donors (Lipinski definition) is 1. The molecule has 128 valence electrons. The van der Waals surface area contributed by atoms with Gasteiger partial charge in [0.25, 0.3) is 0 Å². The van der Waals surface area contributed by atoms with Crippen molar-refractivity contribution in [3.63, 3.8) is 0 Å². The third-order valence-corrected chi connectivity index (χ3v) is 6.04. The van der Waals surface area contributed by atoms with Gasteiger partial charge in [0, 0.05) is 24.7 Å². The lowest BCUT2D eigenvalue weighted by atomic mass is 9.97. The largest absolute Gasteiger partial charge is 0.399 e. The molecule has 1 fully saturated rings. The zero-order chi connectivity index (χ0) is 17.2. The van der Waals surface area contributed by atoms with Crippen LogP contribution in [0.5, 0.6) is 0 Å². The quantitative estimate of drug-likeness (QED) is 0.730. The summed E-state index contributed by atoms with van der Waals surface area (Å²) in [5.41, 5.74) is 8.54. The number of amides is 1. The molecule has 4 nitrogen and oxygen atoms in total. The van der Waals surface area contributed by atoms with E-state index in [4.69, 9.17) is 10.7 Å². The molecule has 2 aromatic carbocycles. The number of para-hydroxylation sites is 1. The standard InChI is InChI=1S/C20H21N3OS/c21-16-7-5-14(6-8-16)13-19(24)23-11-9-15(10-12-23)20-22-17-3-1-2-4-18(17)25-20/h1-8,15H,9-13,21H2. The van der Waals surface area contributed by atoms with Crippen LogP contribution in [0.3, 0.4) is 0 Å². The summed E-state index contributed by atoms with van der Waals surface area (Å²) >= 11 is 1.79. The van der Waals surface area contributed by atoms with Crippen molar-refractivity contribution in [1.29, 1.82) is 0 Å². The molecular weight excluding hydrogens is 330 g/mol. The number of hydrogen-bond acceptors (Lipinski definition) is 4. The Balaban J connectivity index is 1.37. The SMILES string of the molecule is Nc1ccc(CC(=O)N2CCC(c3nc4ccccc4s3)CC2)cc1. The molecule has 1 saturated heterocycles. The smallest absolute Gasteiger partial charge is 0.226 e. The number of nitrogen functional groups attached to an aromatic ring is 1. The number of anilines is 1. The summed E-state index contributed by atoms with van der Waals surface area (Å²) in [5, 5.41) is 1.21. The first-order valence-electron chi connectivity index (χ1n) is 8.67. The Morgan fingerprint density at radius 1 is 1.12 bits per heavy atom. The predicted molar refractivity (Wildman–Crippen MR) is 103 cm³/mol. The molecule has 0 radical (unpaired) electrons. The summed E-state index contributed by atoms with van der Waals surface area (Å²) in [7, 11) is 0. The van der Waals surface area contributed by atoms with Crippen molar-refractivity contribution in [2.24, 2.45) is 0 Å². The van der Waals surface area contributed by atoms with E-state index in [0.29, 0.717) is 12.3 Å². The number of nitrogens with two attached hydrogens (primary N) is 1. The Hall–Kier alpha value is -2.40. The van der Waals surface area contributed by atoms with E-state index in [1.807, 2.05) is 35.2 Å². The fourth-order valence-corrected chi connectivity index (χ4v) is 4.50. The summed E-state index contributed by atoms with van der Waals surface area (Å²) in [6.07, 6.45) is 2.44. The summed E-state index contributed by atoms with van der Waals surface area (Å²) in [4.78, 5) is 19.3. The first-order chi connectivity index (χ1) is 12.2. The number of thiazole rings is 1. The highest BCUT2D eigenvalue weighted by atomic mass is 32.1. The molecule has 0 spiro atoms. The summed E-state index contributed by atoms with van der Waals surface area (Å²) in [6.45, 7) is 1.63. The van der Waals surface area contributed by atoms with Crippen LogP contribution in [-0.4, -0.2) is 28.9 Å². The van der Waals surface area contributed by atoms with E-state index in [-0.39, 0.29) is 5.91 Å². The van der Waals surface area contributed by atoms with Crippen LogP contribution in [0, 0.1) is 0 Å². The number of carbonyl (C=O) groups excluding carboxylic acids is 1. The summed E-state index contributed by atoms with van der Waals surface area (Å²) in [6, 6.07) is 15.8. The van der Waals surface area contributed by atoms with Crippen LogP contribution in [0.1, 0.15) is 29.3 Å². The lowest BCUT2D eigenvalue weighted by molar-refractivity contribution is -0.131. The zero-order valence-corrected chi connectivity index (χ0v) is 14.8. The lowest BCUT2D eigenvalue weighted by Crippen LogP contribution is -2.38. The third-order valence-electron chi connectivity index (χ3n) is 4.84. The Kier molecular flexibility index (Phi) is 4.40. The Bertz CT molecular complexity index is 846. The summed E-state index contributed by atoms with van der Waals surface area (Å²) in [5.74, 6) is 0.672. The van der Waals surface area contributed by atoms with Crippen molar-refractivity contribution in [3.05, 3.63) is 59.1 Å². The highest BCUT2D eigenvalue weighted by Crippen LogP contribution is 2.33. The molecule has 5 heteroatoms. The molecule has 2 heterocycles. The molecule has 0 bridgehead atoms. The number of nitrogens with zero attached hydrogens (tertiary/aromatic N) is 2. The van der Waals surface area contributed by atoms with Gasteiger partial charge in [-0.15, -0.1) is 11.3 Å². The van der Waals surface area contributed by atoms with Gasteiger partial charge in [-0.1, -0.05) is 24.3 Å². The van der Waals surface area contributed by atoms with Crippen molar-refractivity contribution in [2.45, 2.75) is 25.2 Å². The molecule has 4 rings (SSSR count). The number of aromatic nitrogens is 1. The third kappa shape index (κ3) is 3.51. The molecule has 0 saturated carbocycles. The maximum absolute atomic E-state index is 12.5. The zero-order valence-electron chi connectivity index (χ0n) is 14.0. The second-order valence-electron chi connectivity index (χ2n) is 6.59. The van der Waals surface area contributed by atoms with E-state index >= 15 is 0 Å². The maximum atomic E-state index is 12.5. The van der Waals surface area contributed by atoms with Crippen LogP contribution in [0.4, 0.5) is 5.69 Å². The van der Waals surface area contributed by atoms with Gasteiger partial charge in [-0.05, 0) is 42.7 Å². The molecule has 2 N–H and O–H groups in total. The van der Waals surface area contributed by atoms with Crippen LogP contribution in [0.25, 0.3) is 10.2 Å². The minimum absolute atomic E-state index is 0.201. The topological polar surface area (TPSA) is 59.2 Å². The summed E-state index contributed by atoms with van der Waals surface area (Å²) < 4.78 is 1.25. The van der Waals surface area contributed by atoms with Gasteiger partial charge in [0.05, 0.1) is 21.6 Å². The van der Waals surface area contributed by atoms with Crippen molar-refractivity contribution < 1.29 is 4.79 Å². The first kappa shape index (κ1) is 16.1. The highest BCUT2D eigenvalue weighted by Gasteiger charge is 2.25. The maximum Gasteiger partial charge on any atom is 0.226 e. The molecule has 1 aromatic heterocycles. The average Bonchev–Trinajstić information content (AvgIpc) is 3.08.